The highest BCUT2D eigenvalue weighted by Gasteiger charge is 2.28. The Morgan fingerprint density at radius 1 is 1.40 bits per heavy atom. The van der Waals surface area contributed by atoms with E-state index in [-0.39, 0.29) is 5.56 Å². The van der Waals surface area contributed by atoms with E-state index in [2.05, 4.69) is 12.2 Å². The van der Waals surface area contributed by atoms with E-state index in [9.17, 15) is 10.0 Å². The van der Waals surface area contributed by atoms with E-state index < -0.39 is 0 Å². The predicted molar refractivity (Wildman–Crippen MR) is 78.4 cm³/mol. The van der Waals surface area contributed by atoms with Crippen LogP contribution >= 0.6 is 0 Å². The fourth-order valence-corrected chi connectivity index (χ4v) is 2.64. The highest BCUT2D eigenvalue weighted by Crippen LogP contribution is 2.35. The number of quaternary nitrogens is 1. The molecule has 5 nitrogen and oxygen atoms in total. The van der Waals surface area contributed by atoms with E-state index in [0.29, 0.717) is 12.0 Å². The first-order valence-corrected chi connectivity index (χ1v) is 6.98. The molecule has 1 fully saturated rings. The second-order valence-corrected chi connectivity index (χ2v) is 5.63. The SMILES string of the molecule is CC(Nc1cc(=O)n(C)c2ccc([NH2+]O)cc12)C1CC1. The summed E-state index contributed by atoms with van der Waals surface area (Å²) >= 11 is 0. The first kappa shape index (κ1) is 13.1. The number of hydrogen-bond donors (Lipinski definition) is 3. The molecule has 5 heteroatoms. The molecule has 20 heavy (non-hydrogen) atoms. The largest absolute Gasteiger partial charge is 0.382 e. The van der Waals surface area contributed by atoms with Crippen molar-refractivity contribution in [3.63, 3.8) is 0 Å². The molecule has 1 aromatic heterocycles. The summed E-state index contributed by atoms with van der Waals surface area (Å²) in [5.74, 6) is 0.710. The lowest BCUT2D eigenvalue weighted by molar-refractivity contribution is -0.825. The molecule has 0 aliphatic heterocycles. The van der Waals surface area contributed by atoms with Crippen molar-refractivity contribution in [3.8, 4) is 0 Å². The molecule has 4 N–H and O–H groups in total. The van der Waals surface area contributed by atoms with Gasteiger partial charge >= 0.3 is 0 Å². The third kappa shape index (κ3) is 2.30. The highest BCUT2D eigenvalue weighted by atomic mass is 16.5. The van der Waals surface area contributed by atoms with Crippen molar-refractivity contribution in [2.45, 2.75) is 25.8 Å². The van der Waals surface area contributed by atoms with Crippen LogP contribution in [0.3, 0.4) is 0 Å². The van der Waals surface area contributed by atoms with Gasteiger partial charge in [0.25, 0.3) is 5.56 Å². The van der Waals surface area contributed by atoms with Gasteiger partial charge in [0.05, 0.1) is 5.52 Å². The fourth-order valence-electron chi connectivity index (χ4n) is 2.64. The standard InChI is InChI=1S/C15H19N3O2/c1-9(10-3-4-10)16-13-8-15(19)18(2)14-6-5-11(17-20)7-12(13)14/h5-10,16-17,20H,3-4H2,1-2H3/p+1. The minimum absolute atomic E-state index is 0.0243. The van der Waals surface area contributed by atoms with E-state index in [4.69, 9.17) is 0 Å². The van der Waals surface area contributed by atoms with Gasteiger partial charge in [-0.1, -0.05) is 0 Å². The lowest BCUT2D eigenvalue weighted by atomic mass is 10.1. The molecule has 0 spiro atoms. The Bertz CT molecular complexity index is 704. The predicted octanol–water partition coefficient (Wildman–Crippen LogP) is 1.33. The van der Waals surface area contributed by atoms with E-state index in [1.165, 1.54) is 12.8 Å². The normalized spacial score (nSPS) is 16.4. The Balaban J connectivity index is 2.12. The van der Waals surface area contributed by atoms with Crippen molar-refractivity contribution in [1.82, 2.24) is 4.57 Å². The van der Waals surface area contributed by atoms with Crippen molar-refractivity contribution in [3.05, 3.63) is 34.6 Å². The van der Waals surface area contributed by atoms with Crippen molar-refractivity contribution in [2.75, 3.05) is 5.32 Å². The zero-order valence-electron chi connectivity index (χ0n) is 11.8. The first-order valence-electron chi connectivity index (χ1n) is 6.98. The van der Waals surface area contributed by atoms with Gasteiger partial charge in [-0.25, -0.2) is 5.21 Å². The van der Waals surface area contributed by atoms with E-state index in [1.807, 2.05) is 12.1 Å². The highest BCUT2D eigenvalue weighted by molar-refractivity contribution is 5.93. The third-order valence-electron chi connectivity index (χ3n) is 4.13. The third-order valence-corrected chi connectivity index (χ3v) is 4.13. The number of nitrogens with zero attached hydrogens (tertiary/aromatic N) is 1. The summed E-state index contributed by atoms with van der Waals surface area (Å²) in [5, 5.41) is 13.6. The van der Waals surface area contributed by atoms with Crippen molar-refractivity contribution >= 4 is 22.3 Å². The summed E-state index contributed by atoms with van der Waals surface area (Å²) in [6.07, 6.45) is 2.51. The molecule has 1 unspecified atom stereocenters. The number of nitrogens with one attached hydrogen (secondary N) is 1. The molecule has 1 atom stereocenters. The molecule has 1 aliphatic rings. The fraction of sp³-hybridized carbons (Fsp3) is 0.400. The average molecular weight is 274 g/mol. The van der Waals surface area contributed by atoms with Gasteiger partial charge in [-0.05, 0) is 31.7 Å². The number of rotatable bonds is 4. The molecule has 0 saturated heterocycles. The molecule has 2 aromatic rings. The van der Waals surface area contributed by atoms with E-state index in [1.54, 1.807) is 23.7 Å². The van der Waals surface area contributed by atoms with Gasteiger partial charge in [-0.2, -0.15) is 5.48 Å². The van der Waals surface area contributed by atoms with Gasteiger partial charge in [0.2, 0.25) is 0 Å². The van der Waals surface area contributed by atoms with Gasteiger partial charge in [-0.15, -0.1) is 0 Å². The summed E-state index contributed by atoms with van der Waals surface area (Å²) < 4.78 is 1.63. The van der Waals surface area contributed by atoms with Crippen LogP contribution in [-0.4, -0.2) is 15.8 Å². The van der Waals surface area contributed by atoms with Crippen molar-refractivity contribution in [1.29, 1.82) is 0 Å². The summed E-state index contributed by atoms with van der Waals surface area (Å²) in [7, 11) is 1.76. The second kappa shape index (κ2) is 4.92. The van der Waals surface area contributed by atoms with Gasteiger partial charge in [0.1, 0.15) is 0 Å². The summed E-state index contributed by atoms with van der Waals surface area (Å²) in [6.45, 7) is 2.16. The minimum Gasteiger partial charge on any atom is -0.382 e. The smallest absolute Gasteiger partial charge is 0.252 e. The summed E-state index contributed by atoms with van der Waals surface area (Å²) in [4.78, 5) is 12.0. The molecule has 0 amide bonds. The van der Waals surface area contributed by atoms with E-state index in [0.717, 1.165) is 27.8 Å². The monoisotopic (exact) mass is 274 g/mol. The number of benzene rings is 1. The molecule has 106 valence electrons. The van der Waals surface area contributed by atoms with Gasteiger partial charge < -0.3 is 9.88 Å². The van der Waals surface area contributed by atoms with Crippen molar-refractivity contribution < 1.29 is 10.7 Å². The number of aromatic nitrogens is 1. The Morgan fingerprint density at radius 3 is 2.80 bits per heavy atom. The lowest BCUT2D eigenvalue weighted by Gasteiger charge is -2.17. The molecule has 1 aromatic carbocycles. The number of pyridine rings is 1. The van der Waals surface area contributed by atoms with Gasteiger partial charge in [0.15, 0.2) is 5.69 Å². The number of fused-ring (bicyclic) bond motifs is 1. The Hall–Kier alpha value is -1.85. The van der Waals surface area contributed by atoms with Crippen LogP contribution in [0.4, 0.5) is 11.4 Å². The van der Waals surface area contributed by atoms with Crippen LogP contribution in [0.15, 0.2) is 29.1 Å². The Labute approximate surface area is 117 Å². The Kier molecular flexibility index (Phi) is 3.23. The van der Waals surface area contributed by atoms with Crippen molar-refractivity contribution in [2.24, 2.45) is 13.0 Å². The van der Waals surface area contributed by atoms with Crippen LogP contribution < -0.4 is 16.4 Å². The van der Waals surface area contributed by atoms with E-state index >= 15 is 0 Å². The molecule has 1 aliphatic carbocycles. The molecular weight excluding hydrogens is 254 g/mol. The minimum atomic E-state index is -0.0243. The first-order chi connectivity index (χ1) is 9.60. The maximum absolute atomic E-state index is 12.0. The van der Waals surface area contributed by atoms with Crippen LogP contribution in [0.5, 0.6) is 0 Å². The number of anilines is 1. The van der Waals surface area contributed by atoms with Crippen LogP contribution in [0.2, 0.25) is 0 Å². The zero-order chi connectivity index (χ0) is 14.3. The van der Waals surface area contributed by atoms with Crippen LogP contribution in [0.1, 0.15) is 19.8 Å². The second-order valence-electron chi connectivity index (χ2n) is 5.63. The lowest BCUT2D eigenvalue weighted by Crippen LogP contribution is -2.73. The number of nitrogens with two attached hydrogens (primary N) is 1. The molecule has 0 radical (unpaired) electrons. The molecule has 0 bridgehead atoms. The molecule has 1 saturated carbocycles. The maximum atomic E-state index is 12.0. The quantitative estimate of drug-likeness (QED) is 0.582. The molecular formula is C15H20N3O2+. The molecule has 1 heterocycles. The average Bonchev–Trinajstić information content (AvgIpc) is 3.28. The topological polar surface area (TPSA) is 70.9 Å². The van der Waals surface area contributed by atoms with Crippen LogP contribution in [0, 0.1) is 5.92 Å². The molecule has 3 rings (SSSR count). The number of hydrogen-bond acceptors (Lipinski definition) is 3. The summed E-state index contributed by atoms with van der Waals surface area (Å²) in [5.41, 5.74) is 3.51. The Morgan fingerprint density at radius 2 is 2.15 bits per heavy atom. The van der Waals surface area contributed by atoms with Gasteiger partial charge in [-0.3, -0.25) is 4.79 Å². The maximum Gasteiger partial charge on any atom is 0.252 e. The van der Waals surface area contributed by atoms with Crippen LogP contribution in [-0.2, 0) is 7.05 Å². The zero-order valence-corrected chi connectivity index (χ0v) is 11.8. The summed E-state index contributed by atoms with van der Waals surface area (Å²) in [6, 6.07) is 7.58. The van der Waals surface area contributed by atoms with Gasteiger partial charge in [0, 0.05) is 42.4 Å². The number of aryl methyl sites for hydroxylation is 1. The van der Waals surface area contributed by atoms with Crippen LogP contribution in [0.25, 0.3) is 10.9 Å².